The molecule has 2 aromatic carbocycles. The molecule has 2 heterocycles. The molecule has 0 N–H and O–H groups in total. The van der Waals surface area contributed by atoms with Crippen molar-refractivity contribution in [1.29, 1.82) is 0 Å². The Kier molecular flexibility index (Phi) is 6.08. The first-order chi connectivity index (χ1) is 19.4. The van der Waals surface area contributed by atoms with E-state index in [1.807, 2.05) is 48.3 Å². The highest BCUT2D eigenvalue weighted by atomic mass is 16.5. The molecule has 2 aromatic rings. The molecule has 7 nitrogen and oxygen atoms in total. The second kappa shape index (κ2) is 9.55. The predicted octanol–water partition coefficient (Wildman–Crippen LogP) is 3.56. The molecule has 3 fully saturated rings. The van der Waals surface area contributed by atoms with E-state index in [2.05, 4.69) is 22.8 Å². The highest BCUT2D eigenvalue weighted by Crippen LogP contribution is 2.64. The molecule has 3 aliphatic carbocycles. The topological polar surface area (TPSA) is 68.3 Å². The smallest absolute Gasteiger partial charge is 0.302 e. The van der Waals surface area contributed by atoms with Crippen LogP contribution in [0.3, 0.4) is 0 Å². The average molecular weight is 541 g/mol. The van der Waals surface area contributed by atoms with Crippen LogP contribution in [0.4, 0.5) is 0 Å². The van der Waals surface area contributed by atoms with Crippen LogP contribution in [-0.4, -0.2) is 73.2 Å². The Morgan fingerprint density at radius 1 is 1.18 bits per heavy atom. The Morgan fingerprint density at radius 2 is 2.00 bits per heavy atom. The van der Waals surface area contributed by atoms with Crippen molar-refractivity contribution in [2.24, 2.45) is 11.8 Å². The Bertz CT molecular complexity index is 1410. The van der Waals surface area contributed by atoms with Crippen LogP contribution in [0.1, 0.15) is 49.3 Å². The van der Waals surface area contributed by atoms with E-state index in [9.17, 15) is 9.59 Å². The van der Waals surface area contributed by atoms with Gasteiger partial charge in [-0.25, -0.2) is 0 Å². The quantitative estimate of drug-likeness (QED) is 0.427. The van der Waals surface area contributed by atoms with Crippen LogP contribution in [0.25, 0.3) is 0 Å². The first-order valence-corrected chi connectivity index (χ1v) is 14.5. The maximum absolute atomic E-state index is 13.3. The maximum Gasteiger partial charge on any atom is 0.302 e. The van der Waals surface area contributed by atoms with Crippen LogP contribution in [0.2, 0.25) is 0 Å². The van der Waals surface area contributed by atoms with Crippen molar-refractivity contribution < 1.29 is 23.8 Å². The van der Waals surface area contributed by atoms with Gasteiger partial charge in [0.15, 0.2) is 11.5 Å². The van der Waals surface area contributed by atoms with Gasteiger partial charge in [0.05, 0.1) is 13.2 Å². The van der Waals surface area contributed by atoms with Crippen LogP contribution < -0.4 is 9.47 Å². The number of carbonyl (C=O) groups excluding carboxylic acids is 2. The fraction of sp³-hybridized carbons (Fsp3) is 0.515. The Labute approximate surface area is 235 Å². The van der Waals surface area contributed by atoms with E-state index in [0.717, 1.165) is 62.3 Å². The van der Waals surface area contributed by atoms with Crippen molar-refractivity contribution in [1.82, 2.24) is 9.80 Å². The number of piperidine rings is 1. The van der Waals surface area contributed by atoms with Gasteiger partial charge in [0.25, 0.3) is 5.91 Å². The largest absolute Gasteiger partial charge is 0.493 e. The van der Waals surface area contributed by atoms with E-state index in [0.29, 0.717) is 17.9 Å². The summed E-state index contributed by atoms with van der Waals surface area (Å²) in [6.07, 6.45) is 4.76. The van der Waals surface area contributed by atoms with Gasteiger partial charge in [0, 0.05) is 54.9 Å². The molecule has 2 aliphatic heterocycles. The highest BCUT2D eigenvalue weighted by Gasteiger charge is 2.66. The molecule has 1 saturated heterocycles. The number of ether oxygens (including phenoxy) is 3. The summed E-state index contributed by atoms with van der Waals surface area (Å²) in [4.78, 5) is 29.3. The number of likely N-dealkylation sites (N-methyl/N-ethyl adjacent to an activating group) is 1. The number of nitrogens with zero attached hydrogens (tertiary/aromatic N) is 2. The first-order valence-electron chi connectivity index (χ1n) is 14.5. The second-order valence-corrected chi connectivity index (χ2v) is 12.2. The summed E-state index contributed by atoms with van der Waals surface area (Å²) in [6.45, 7) is 3.44. The van der Waals surface area contributed by atoms with Crippen molar-refractivity contribution in [2.45, 2.75) is 68.7 Å². The normalized spacial score (nSPS) is 32.6. The molecule has 1 amide bonds. The van der Waals surface area contributed by atoms with Crippen LogP contribution in [0.5, 0.6) is 11.5 Å². The summed E-state index contributed by atoms with van der Waals surface area (Å²) < 4.78 is 18.2. The van der Waals surface area contributed by atoms with Gasteiger partial charge in [-0.15, -0.1) is 0 Å². The molecule has 7 heteroatoms. The summed E-state index contributed by atoms with van der Waals surface area (Å²) in [5, 5.41) is 0. The molecule has 2 unspecified atom stereocenters. The van der Waals surface area contributed by atoms with Crippen LogP contribution >= 0.6 is 0 Å². The van der Waals surface area contributed by atoms with Gasteiger partial charge in [0.2, 0.25) is 0 Å². The van der Waals surface area contributed by atoms with Gasteiger partial charge in [-0.1, -0.05) is 30.2 Å². The molecule has 0 radical (unpaired) electrons. The highest BCUT2D eigenvalue weighted by molar-refractivity contribution is 5.94. The number of hydrogen-bond donors (Lipinski definition) is 0. The lowest BCUT2D eigenvalue weighted by atomic mass is 9.51. The SMILES string of the molecule is COc1ccc2c3c1O[C@H]1[C@H](N(C)C(=O)C#Cc4ccccc4)CC[C@H]4[C@@H](C2)N(CC2CC2OC(C)=O)CC[C@@]341. The summed E-state index contributed by atoms with van der Waals surface area (Å²) in [5.41, 5.74) is 3.35. The molecule has 2 saturated carbocycles. The van der Waals surface area contributed by atoms with E-state index in [-0.39, 0.29) is 35.5 Å². The Balaban J connectivity index is 1.20. The molecule has 208 valence electrons. The number of likely N-dealkylation sites (tertiary alicyclic amines) is 1. The number of esters is 1. The molecule has 40 heavy (non-hydrogen) atoms. The number of hydrogen-bond acceptors (Lipinski definition) is 6. The van der Waals surface area contributed by atoms with Crippen molar-refractivity contribution in [2.75, 3.05) is 27.2 Å². The minimum atomic E-state index is -0.186. The standard InChI is InChI=1S/C33H36N2O5/c1-20(36)39-28-18-23(28)19-35-16-15-33-24-11-12-25(34(2)29(37)14-9-21-7-5-4-6-8-21)32(33)40-31-27(38-3)13-10-22(30(31)33)17-26(24)35/h4-8,10,13,23-26,28,32H,11-12,15-19H2,1-3H3/t23?,24-,25+,26+,28?,32-,33-/m0/s1. The fourth-order valence-corrected chi connectivity index (χ4v) is 8.33. The Hall–Kier alpha value is -3.50. The third-order valence-electron chi connectivity index (χ3n) is 10.2. The van der Waals surface area contributed by atoms with E-state index in [4.69, 9.17) is 14.2 Å². The number of methoxy groups -OCH3 is 1. The maximum atomic E-state index is 13.3. The third-order valence-corrected chi connectivity index (χ3v) is 10.2. The lowest BCUT2D eigenvalue weighted by Gasteiger charge is -2.60. The lowest BCUT2D eigenvalue weighted by molar-refractivity contribution is -0.142. The van der Waals surface area contributed by atoms with Gasteiger partial charge in [-0.2, -0.15) is 0 Å². The number of benzene rings is 2. The predicted molar refractivity (Wildman–Crippen MR) is 149 cm³/mol. The fourth-order valence-electron chi connectivity index (χ4n) is 8.33. The van der Waals surface area contributed by atoms with Gasteiger partial charge in [-0.05, 0) is 68.3 Å². The summed E-state index contributed by atoms with van der Waals surface area (Å²) >= 11 is 0. The van der Waals surface area contributed by atoms with Gasteiger partial charge < -0.3 is 19.1 Å². The summed E-state index contributed by atoms with van der Waals surface area (Å²) in [6, 6.07) is 14.2. The van der Waals surface area contributed by atoms with E-state index >= 15 is 0 Å². The minimum Gasteiger partial charge on any atom is -0.493 e. The number of rotatable bonds is 5. The van der Waals surface area contributed by atoms with E-state index in [1.54, 1.807) is 7.11 Å². The summed E-state index contributed by atoms with van der Waals surface area (Å²) in [5.74, 6) is 8.06. The van der Waals surface area contributed by atoms with E-state index < -0.39 is 0 Å². The summed E-state index contributed by atoms with van der Waals surface area (Å²) in [7, 11) is 3.58. The zero-order valence-corrected chi connectivity index (χ0v) is 23.4. The van der Waals surface area contributed by atoms with Crippen molar-refractivity contribution >= 4 is 11.9 Å². The van der Waals surface area contributed by atoms with Crippen molar-refractivity contribution in [3.63, 3.8) is 0 Å². The van der Waals surface area contributed by atoms with Crippen LogP contribution in [0.15, 0.2) is 42.5 Å². The van der Waals surface area contributed by atoms with Gasteiger partial charge >= 0.3 is 5.97 Å². The average Bonchev–Trinajstić information content (AvgIpc) is 3.58. The minimum absolute atomic E-state index is 0.0649. The zero-order valence-electron chi connectivity index (χ0n) is 23.4. The molecule has 0 aromatic heterocycles. The molecule has 1 spiro atoms. The van der Waals surface area contributed by atoms with Gasteiger partial charge in [-0.3, -0.25) is 14.5 Å². The molecular weight excluding hydrogens is 504 g/mol. The lowest BCUT2D eigenvalue weighted by Crippen LogP contribution is -2.69. The molecule has 7 atom stereocenters. The molecule has 2 bridgehead atoms. The molecular formula is C33H36N2O5. The van der Waals surface area contributed by atoms with Crippen LogP contribution in [-0.2, 0) is 26.2 Å². The van der Waals surface area contributed by atoms with Crippen molar-refractivity contribution in [3.05, 3.63) is 59.2 Å². The molecule has 7 rings (SSSR count). The number of carbonyl (C=O) groups is 2. The van der Waals surface area contributed by atoms with Crippen LogP contribution in [0, 0.1) is 23.7 Å². The van der Waals surface area contributed by atoms with Gasteiger partial charge in [0.1, 0.15) is 12.2 Å². The number of amides is 1. The third kappa shape index (κ3) is 3.91. The molecule has 5 aliphatic rings. The van der Waals surface area contributed by atoms with Crippen molar-refractivity contribution in [3.8, 4) is 23.3 Å². The monoisotopic (exact) mass is 540 g/mol. The van der Waals surface area contributed by atoms with E-state index in [1.165, 1.54) is 18.1 Å². The second-order valence-electron chi connectivity index (χ2n) is 12.2. The zero-order chi connectivity index (χ0) is 27.6. The Morgan fingerprint density at radius 3 is 2.77 bits per heavy atom. The first kappa shape index (κ1) is 25.5.